The third-order valence-corrected chi connectivity index (χ3v) is 11.1. The molecule has 0 aliphatic carbocycles. The Morgan fingerprint density at radius 3 is 1.33 bits per heavy atom. The van der Waals surface area contributed by atoms with Crippen molar-refractivity contribution < 1.29 is 24.5 Å². The molecule has 320 valence electrons. The molecular formula is C48H93NO5. The van der Waals surface area contributed by atoms with Gasteiger partial charge in [-0.15, -0.1) is 0 Å². The number of unbranched alkanes of at least 4 members (excludes halogenated alkanes) is 31. The topological polar surface area (TPSA) is 95.9 Å². The van der Waals surface area contributed by atoms with Gasteiger partial charge in [-0.2, -0.15) is 0 Å². The van der Waals surface area contributed by atoms with E-state index in [2.05, 4.69) is 31.3 Å². The number of carbonyl (C=O) groups excluding carboxylic acids is 2. The molecule has 0 saturated heterocycles. The summed E-state index contributed by atoms with van der Waals surface area (Å²) in [6, 6.07) is -0.546. The van der Waals surface area contributed by atoms with Gasteiger partial charge in [-0.1, -0.05) is 206 Å². The molecule has 0 aromatic carbocycles. The maximum atomic E-state index is 12.4. The van der Waals surface area contributed by atoms with E-state index in [0.717, 1.165) is 51.4 Å². The number of nitrogens with one attached hydrogen (secondary N) is 1. The van der Waals surface area contributed by atoms with Crippen molar-refractivity contribution in [1.82, 2.24) is 5.32 Å². The van der Waals surface area contributed by atoms with Crippen LogP contribution in [0.3, 0.4) is 0 Å². The van der Waals surface area contributed by atoms with Crippen molar-refractivity contribution in [2.45, 2.75) is 270 Å². The van der Waals surface area contributed by atoms with Crippen LogP contribution in [-0.2, 0) is 14.3 Å². The summed E-state index contributed by atoms with van der Waals surface area (Å²) in [4.78, 5) is 24.4. The largest absolute Gasteiger partial charge is 0.466 e. The third kappa shape index (κ3) is 40.3. The Morgan fingerprint density at radius 2 is 0.870 bits per heavy atom. The van der Waals surface area contributed by atoms with Gasteiger partial charge in [-0.05, 0) is 51.4 Å². The molecule has 0 aliphatic rings. The number of hydrogen-bond donors (Lipinski definition) is 3. The maximum Gasteiger partial charge on any atom is 0.305 e. The number of allylic oxidation sites excluding steroid dienone is 2. The first-order valence-corrected chi connectivity index (χ1v) is 23.9. The predicted octanol–water partition coefficient (Wildman–Crippen LogP) is 13.8. The van der Waals surface area contributed by atoms with E-state index < -0.39 is 12.1 Å². The summed E-state index contributed by atoms with van der Waals surface area (Å²) in [5, 5.41) is 23.1. The van der Waals surface area contributed by atoms with E-state index in [-0.39, 0.29) is 18.5 Å². The van der Waals surface area contributed by atoms with Crippen LogP contribution in [0.5, 0.6) is 0 Å². The second-order valence-corrected chi connectivity index (χ2v) is 16.4. The van der Waals surface area contributed by atoms with Gasteiger partial charge in [0.15, 0.2) is 0 Å². The monoisotopic (exact) mass is 764 g/mol. The molecule has 0 saturated carbocycles. The maximum absolute atomic E-state index is 12.4. The van der Waals surface area contributed by atoms with E-state index in [1.165, 1.54) is 173 Å². The van der Waals surface area contributed by atoms with E-state index in [9.17, 15) is 19.8 Å². The van der Waals surface area contributed by atoms with Gasteiger partial charge in [0.1, 0.15) is 0 Å². The van der Waals surface area contributed by atoms with Gasteiger partial charge < -0.3 is 20.3 Å². The SMILES string of the molecule is CCCCCC/C=C\CCCCCCCC(=O)OCCCCCCCCCCCCCCCCC(=O)NC(CO)C(O)CCCCCCCCCCCC. The molecular weight excluding hydrogens is 671 g/mol. The van der Waals surface area contributed by atoms with E-state index in [1.54, 1.807) is 0 Å². The number of amides is 1. The van der Waals surface area contributed by atoms with Gasteiger partial charge in [0.05, 0.1) is 25.4 Å². The van der Waals surface area contributed by atoms with E-state index in [4.69, 9.17) is 4.74 Å². The predicted molar refractivity (Wildman–Crippen MR) is 232 cm³/mol. The highest BCUT2D eigenvalue weighted by Crippen LogP contribution is 2.16. The van der Waals surface area contributed by atoms with E-state index >= 15 is 0 Å². The second kappa shape index (κ2) is 44.3. The zero-order valence-corrected chi connectivity index (χ0v) is 36.2. The van der Waals surface area contributed by atoms with Crippen molar-refractivity contribution in [3.63, 3.8) is 0 Å². The smallest absolute Gasteiger partial charge is 0.305 e. The number of ether oxygens (including phenoxy) is 1. The van der Waals surface area contributed by atoms with Gasteiger partial charge >= 0.3 is 5.97 Å². The molecule has 1 amide bonds. The van der Waals surface area contributed by atoms with Crippen molar-refractivity contribution in [2.24, 2.45) is 0 Å². The average molecular weight is 764 g/mol. The fraction of sp³-hybridized carbons (Fsp3) is 0.917. The average Bonchev–Trinajstić information content (AvgIpc) is 3.17. The first kappa shape index (κ1) is 52.6. The number of aliphatic hydroxyl groups excluding tert-OH is 2. The highest BCUT2D eigenvalue weighted by molar-refractivity contribution is 5.76. The summed E-state index contributed by atoms with van der Waals surface area (Å²) >= 11 is 0. The summed E-state index contributed by atoms with van der Waals surface area (Å²) in [5.41, 5.74) is 0. The van der Waals surface area contributed by atoms with Crippen LogP contribution < -0.4 is 5.32 Å². The fourth-order valence-electron chi connectivity index (χ4n) is 7.34. The molecule has 54 heavy (non-hydrogen) atoms. The normalized spacial score (nSPS) is 12.7. The molecule has 0 spiro atoms. The molecule has 0 aromatic heterocycles. The van der Waals surface area contributed by atoms with Gasteiger partial charge in [0.2, 0.25) is 5.91 Å². The van der Waals surface area contributed by atoms with Crippen molar-refractivity contribution in [3.8, 4) is 0 Å². The minimum absolute atomic E-state index is 0.0118. The van der Waals surface area contributed by atoms with Crippen LogP contribution in [0.1, 0.15) is 258 Å². The van der Waals surface area contributed by atoms with Crippen LogP contribution in [0, 0.1) is 0 Å². The fourth-order valence-corrected chi connectivity index (χ4v) is 7.34. The Kier molecular flexibility index (Phi) is 43.2. The van der Waals surface area contributed by atoms with Crippen LogP contribution in [0.4, 0.5) is 0 Å². The zero-order chi connectivity index (χ0) is 39.4. The van der Waals surface area contributed by atoms with Crippen LogP contribution >= 0.6 is 0 Å². The molecule has 0 radical (unpaired) electrons. The number of aliphatic hydroxyl groups is 2. The lowest BCUT2D eigenvalue weighted by atomic mass is 10.0. The summed E-state index contributed by atoms with van der Waals surface area (Å²) < 4.78 is 5.45. The Balaban J connectivity index is 3.43. The third-order valence-electron chi connectivity index (χ3n) is 11.1. The van der Waals surface area contributed by atoms with Crippen LogP contribution in [0.2, 0.25) is 0 Å². The number of esters is 1. The highest BCUT2D eigenvalue weighted by atomic mass is 16.5. The molecule has 0 aliphatic heterocycles. The van der Waals surface area contributed by atoms with Gasteiger partial charge in [-0.25, -0.2) is 0 Å². The molecule has 0 fully saturated rings. The number of rotatable bonds is 44. The number of carbonyl (C=O) groups is 2. The zero-order valence-electron chi connectivity index (χ0n) is 36.2. The van der Waals surface area contributed by atoms with Crippen molar-refractivity contribution in [3.05, 3.63) is 12.2 Å². The lowest BCUT2D eigenvalue weighted by Gasteiger charge is -2.22. The Hall–Kier alpha value is -1.40. The van der Waals surface area contributed by atoms with Crippen molar-refractivity contribution in [2.75, 3.05) is 13.2 Å². The minimum Gasteiger partial charge on any atom is -0.466 e. The lowest BCUT2D eigenvalue weighted by Crippen LogP contribution is -2.45. The molecule has 2 atom stereocenters. The summed E-state index contributed by atoms with van der Waals surface area (Å²) in [7, 11) is 0. The molecule has 6 nitrogen and oxygen atoms in total. The Labute approximate surface area is 336 Å². The minimum atomic E-state index is -0.668. The Morgan fingerprint density at radius 1 is 0.500 bits per heavy atom. The summed E-state index contributed by atoms with van der Waals surface area (Å²) in [6.07, 6.45) is 48.8. The molecule has 6 heteroatoms. The Bertz CT molecular complexity index is 802. The molecule has 0 bridgehead atoms. The molecule has 2 unspecified atom stereocenters. The molecule has 3 N–H and O–H groups in total. The molecule has 0 aromatic rings. The first-order valence-electron chi connectivity index (χ1n) is 23.9. The van der Waals surface area contributed by atoms with Gasteiger partial charge in [0, 0.05) is 12.8 Å². The summed E-state index contributed by atoms with van der Waals surface area (Å²) in [6.45, 7) is 4.89. The van der Waals surface area contributed by atoms with E-state index in [1.807, 2.05) is 0 Å². The van der Waals surface area contributed by atoms with E-state index in [0.29, 0.717) is 25.9 Å². The first-order chi connectivity index (χ1) is 26.5. The lowest BCUT2D eigenvalue weighted by molar-refractivity contribution is -0.143. The van der Waals surface area contributed by atoms with Crippen LogP contribution in [0.15, 0.2) is 12.2 Å². The van der Waals surface area contributed by atoms with Crippen molar-refractivity contribution >= 4 is 11.9 Å². The van der Waals surface area contributed by atoms with Gasteiger partial charge in [0.25, 0.3) is 0 Å². The molecule has 0 heterocycles. The number of hydrogen-bond acceptors (Lipinski definition) is 5. The van der Waals surface area contributed by atoms with Crippen LogP contribution in [-0.4, -0.2) is 47.4 Å². The molecule has 0 rings (SSSR count). The van der Waals surface area contributed by atoms with Crippen molar-refractivity contribution in [1.29, 1.82) is 0 Å². The highest BCUT2D eigenvalue weighted by Gasteiger charge is 2.20. The van der Waals surface area contributed by atoms with Gasteiger partial charge in [-0.3, -0.25) is 9.59 Å². The van der Waals surface area contributed by atoms with Crippen LogP contribution in [0.25, 0.3) is 0 Å². The standard InChI is InChI=1S/C48H93NO5/c1-3-5-7-9-11-13-15-18-22-26-30-34-38-42-48(53)54-43-39-35-31-27-23-20-17-16-19-21-25-29-33-37-41-47(52)49-45(44-50)46(51)40-36-32-28-24-14-12-10-8-6-4-2/h13,15,45-46,50-51H,3-12,14,16-44H2,1-2H3,(H,49,52)/b15-13-. The second-order valence-electron chi connectivity index (χ2n) is 16.4. The quantitative estimate of drug-likeness (QED) is 0.0326. The summed E-state index contributed by atoms with van der Waals surface area (Å²) in [5.74, 6) is -0.0594.